The second-order valence-electron chi connectivity index (χ2n) is 4.19. The fraction of sp³-hybridized carbons (Fsp3) is 0.200. The molecule has 0 saturated heterocycles. The summed E-state index contributed by atoms with van der Waals surface area (Å²) in [5.74, 6) is -0.154. The topological polar surface area (TPSA) is 49.7 Å². The van der Waals surface area contributed by atoms with E-state index in [1.165, 1.54) is 19.2 Å². The number of ether oxygens (including phenoxy) is 1. The quantitative estimate of drug-likeness (QED) is 0.890. The standard InChI is InChI=1S/C15H15FO3/c1-19-13-8-7-11(16)9-12(13)15(18)14(17)10-5-3-2-4-6-10/h2-9,14-15,17-18H,1H3. The van der Waals surface area contributed by atoms with Crippen molar-refractivity contribution in [2.45, 2.75) is 12.2 Å². The van der Waals surface area contributed by atoms with Gasteiger partial charge in [0.05, 0.1) is 7.11 Å². The van der Waals surface area contributed by atoms with Gasteiger partial charge in [-0.2, -0.15) is 0 Å². The molecule has 19 heavy (non-hydrogen) atoms. The number of rotatable bonds is 4. The Morgan fingerprint density at radius 2 is 1.68 bits per heavy atom. The third-order valence-electron chi connectivity index (χ3n) is 2.95. The van der Waals surface area contributed by atoms with Gasteiger partial charge in [-0.3, -0.25) is 0 Å². The Morgan fingerprint density at radius 1 is 1.00 bits per heavy atom. The fourth-order valence-corrected chi connectivity index (χ4v) is 1.94. The van der Waals surface area contributed by atoms with E-state index >= 15 is 0 Å². The number of aliphatic hydroxyl groups is 2. The lowest BCUT2D eigenvalue weighted by atomic mass is 9.97. The SMILES string of the molecule is COc1ccc(F)cc1C(O)C(O)c1ccccc1. The highest BCUT2D eigenvalue weighted by Gasteiger charge is 2.23. The Labute approximate surface area is 110 Å². The first-order valence-electron chi connectivity index (χ1n) is 5.88. The van der Waals surface area contributed by atoms with Gasteiger partial charge in [-0.1, -0.05) is 30.3 Å². The zero-order chi connectivity index (χ0) is 13.8. The summed E-state index contributed by atoms with van der Waals surface area (Å²) < 4.78 is 18.3. The van der Waals surface area contributed by atoms with E-state index in [0.29, 0.717) is 11.3 Å². The molecule has 2 rings (SSSR count). The Kier molecular flexibility index (Phi) is 4.14. The van der Waals surface area contributed by atoms with Crippen LogP contribution >= 0.6 is 0 Å². The molecule has 4 heteroatoms. The van der Waals surface area contributed by atoms with Crippen LogP contribution < -0.4 is 4.74 Å². The molecule has 0 bridgehead atoms. The highest BCUT2D eigenvalue weighted by atomic mass is 19.1. The zero-order valence-electron chi connectivity index (χ0n) is 10.5. The predicted octanol–water partition coefficient (Wildman–Crippen LogP) is 2.60. The first-order chi connectivity index (χ1) is 9.13. The van der Waals surface area contributed by atoms with E-state index in [4.69, 9.17) is 4.74 Å². The Morgan fingerprint density at radius 3 is 2.32 bits per heavy atom. The van der Waals surface area contributed by atoms with E-state index < -0.39 is 18.0 Å². The highest BCUT2D eigenvalue weighted by molar-refractivity contribution is 5.37. The Bertz CT molecular complexity index is 542. The molecule has 0 saturated carbocycles. The van der Waals surface area contributed by atoms with Crippen LogP contribution in [0.25, 0.3) is 0 Å². The summed E-state index contributed by atoms with van der Waals surface area (Å²) in [6.07, 6.45) is -2.40. The van der Waals surface area contributed by atoms with Crippen molar-refractivity contribution in [3.63, 3.8) is 0 Å². The number of benzene rings is 2. The van der Waals surface area contributed by atoms with E-state index in [2.05, 4.69) is 0 Å². The van der Waals surface area contributed by atoms with Crippen LogP contribution in [0.4, 0.5) is 4.39 Å². The molecular formula is C15H15FO3. The van der Waals surface area contributed by atoms with E-state index in [9.17, 15) is 14.6 Å². The molecule has 0 heterocycles. The van der Waals surface area contributed by atoms with E-state index in [1.807, 2.05) is 6.07 Å². The molecule has 0 amide bonds. The highest BCUT2D eigenvalue weighted by Crippen LogP contribution is 2.34. The van der Waals surface area contributed by atoms with Gasteiger partial charge in [-0.05, 0) is 23.8 Å². The number of hydrogen-bond acceptors (Lipinski definition) is 3. The van der Waals surface area contributed by atoms with Gasteiger partial charge in [0, 0.05) is 5.56 Å². The Hall–Kier alpha value is -1.91. The van der Waals surface area contributed by atoms with Crippen molar-refractivity contribution in [2.75, 3.05) is 7.11 Å². The molecule has 0 spiro atoms. The van der Waals surface area contributed by atoms with Gasteiger partial charge in [0.1, 0.15) is 23.8 Å². The van der Waals surface area contributed by atoms with E-state index in [0.717, 1.165) is 6.07 Å². The molecule has 2 atom stereocenters. The third-order valence-corrected chi connectivity index (χ3v) is 2.95. The summed E-state index contributed by atoms with van der Waals surface area (Å²) in [4.78, 5) is 0. The summed E-state index contributed by atoms with van der Waals surface area (Å²) in [7, 11) is 1.43. The van der Waals surface area contributed by atoms with Crippen LogP contribution in [0.1, 0.15) is 23.3 Å². The normalized spacial score (nSPS) is 13.9. The van der Waals surface area contributed by atoms with E-state index in [-0.39, 0.29) is 5.56 Å². The number of methoxy groups -OCH3 is 1. The molecule has 0 radical (unpaired) electrons. The minimum atomic E-state index is -1.26. The molecular weight excluding hydrogens is 247 g/mol. The molecule has 0 fully saturated rings. The molecule has 0 aliphatic rings. The van der Waals surface area contributed by atoms with Gasteiger partial charge in [-0.25, -0.2) is 4.39 Å². The maximum atomic E-state index is 13.3. The van der Waals surface area contributed by atoms with Crippen LogP contribution in [0.3, 0.4) is 0 Å². The van der Waals surface area contributed by atoms with Gasteiger partial charge < -0.3 is 14.9 Å². The van der Waals surface area contributed by atoms with Gasteiger partial charge >= 0.3 is 0 Å². The van der Waals surface area contributed by atoms with Crippen molar-refractivity contribution in [2.24, 2.45) is 0 Å². The monoisotopic (exact) mass is 262 g/mol. The smallest absolute Gasteiger partial charge is 0.124 e. The minimum absolute atomic E-state index is 0.221. The summed E-state index contributed by atoms with van der Waals surface area (Å²) >= 11 is 0. The first kappa shape index (κ1) is 13.5. The van der Waals surface area contributed by atoms with Crippen LogP contribution in [0.5, 0.6) is 5.75 Å². The van der Waals surface area contributed by atoms with Crippen LogP contribution in [-0.4, -0.2) is 17.3 Å². The van der Waals surface area contributed by atoms with Crippen LogP contribution in [0.15, 0.2) is 48.5 Å². The molecule has 100 valence electrons. The van der Waals surface area contributed by atoms with Gasteiger partial charge in [0.2, 0.25) is 0 Å². The van der Waals surface area contributed by atoms with Gasteiger partial charge in [-0.15, -0.1) is 0 Å². The lowest BCUT2D eigenvalue weighted by Gasteiger charge is -2.20. The minimum Gasteiger partial charge on any atom is -0.496 e. The summed E-state index contributed by atoms with van der Waals surface area (Å²) in [6.45, 7) is 0. The summed E-state index contributed by atoms with van der Waals surface area (Å²) in [6, 6.07) is 12.5. The van der Waals surface area contributed by atoms with Gasteiger partial charge in [0.15, 0.2) is 0 Å². The lowest BCUT2D eigenvalue weighted by molar-refractivity contribution is 0.0157. The fourth-order valence-electron chi connectivity index (χ4n) is 1.94. The number of hydrogen-bond donors (Lipinski definition) is 2. The van der Waals surface area contributed by atoms with Crippen molar-refractivity contribution < 1.29 is 19.3 Å². The van der Waals surface area contributed by atoms with Gasteiger partial charge in [0.25, 0.3) is 0 Å². The molecule has 0 aliphatic carbocycles. The maximum Gasteiger partial charge on any atom is 0.124 e. The van der Waals surface area contributed by atoms with Crippen LogP contribution in [-0.2, 0) is 0 Å². The third kappa shape index (κ3) is 2.92. The molecule has 2 aromatic carbocycles. The first-order valence-corrected chi connectivity index (χ1v) is 5.88. The maximum absolute atomic E-state index is 13.3. The van der Waals surface area contributed by atoms with E-state index in [1.54, 1.807) is 24.3 Å². The van der Waals surface area contributed by atoms with Crippen molar-refractivity contribution in [1.82, 2.24) is 0 Å². The Balaban J connectivity index is 2.33. The molecule has 3 nitrogen and oxygen atoms in total. The average Bonchev–Trinajstić information content (AvgIpc) is 2.46. The zero-order valence-corrected chi connectivity index (χ0v) is 10.5. The number of aliphatic hydroxyl groups excluding tert-OH is 2. The van der Waals surface area contributed by atoms with Crippen LogP contribution in [0.2, 0.25) is 0 Å². The second-order valence-corrected chi connectivity index (χ2v) is 4.19. The average molecular weight is 262 g/mol. The van der Waals surface area contributed by atoms with Crippen molar-refractivity contribution in [3.05, 3.63) is 65.5 Å². The molecule has 0 aromatic heterocycles. The molecule has 0 aliphatic heterocycles. The van der Waals surface area contributed by atoms with Crippen molar-refractivity contribution >= 4 is 0 Å². The second kappa shape index (κ2) is 5.82. The summed E-state index contributed by atoms with van der Waals surface area (Å²) in [5.41, 5.74) is 0.778. The lowest BCUT2D eigenvalue weighted by Crippen LogP contribution is -2.11. The summed E-state index contributed by atoms with van der Waals surface area (Å²) in [5, 5.41) is 20.3. The molecule has 2 unspecified atom stereocenters. The van der Waals surface area contributed by atoms with Crippen molar-refractivity contribution in [1.29, 1.82) is 0 Å². The molecule has 2 N–H and O–H groups in total. The largest absolute Gasteiger partial charge is 0.496 e. The van der Waals surface area contributed by atoms with Crippen molar-refractivity contribution in [3.8, 4) is 5.75 Å². The number of halogens is 1. The molecule has 2 aromatic rings. The predicted molar refractivity (Wildman–Crippen MR) is 69.3 cm³/mol. The van der Waals surface area contributed by atoms with Crippen LogP contribution in [0, 0.1) is 5.82 Å².